The first-order valence-corrected chi connectivity index (χ1v) is 6.11. The van der Waals surface area contributed by atoms with Crippen LogP contribution in [-0.2, 0) is 10.9 Å². The summed E-state index contributed by atoms with van der Waals surface area (Å²) in [7, 11) is 1.17. The van der Waals surface area contributed by atoms with Gasteiger partial charge in [0.25, 0.3) is 0 Å². The minimum atomic E-state index is -4.53. The average molecular weight is 311 g/mol. The number of rotatable bonds is 3. The highest BCUT2D eigenvalue weighted by molar-refractivity contribution is 5.89. The molecule has 116 valence electrons. The number of hydrogen-bond donors (Lipinski definition) is 2. The minimum absolute atomic E-state index is 0.0559. The predicted octanol–water partition coefficient (Wildman–Crippen LogP) is 3.21. The molecule has 0 aliphatic rings. The maximum atomic E-state index is 12.9. The summed E-state index contributed by atoms with van der Waals surface area (Å²) in [5.74, 6) is -0.772. The molecule has 22 heavy (non-hydrogen) atoms. The molecule has 1 heterocycles. The van der Waals surface area contributed by atoms with Crippen LogP contribution in [0.1, 0.15) is 16.1 Å². The van der Waals surface area contributed by atoms with Gasteiger partial charge in [0.2, 0.25) is 0 Å². The Bertz CT molecular complexity index is 702. The van der Waals surface area contributed by atoms with Crippen LogP contribution in [-0.4, -0.2) is 18.1 Å². The number of nitrogen functional groups attached to an aromatic ring is 1. The number of pyridine rings is 1. The lowest BCUT2D eigenvalue weighted by molar-refractivity contribution is -0.136. The number of alkyl halides is 3. The predicted molar refractivity (Wildman–Crippen MR) is 74.7 cm³/mol. The SMILES string of the molecule is COC(=O)c1ccc(N)c(Nc2ccccc2C(F)(F)F)n1. The Labute approximate surface area is 123 Å². The molecule has 0 atom stereocenters. The van der Waals surface area contributed by atoms with E-state index in [1.54, 1.807) is 0 Å². The zero-order chi connectivity index (χ0) is 16.3. The van der Waals surface area contributed by atoms with Gasteiger partial charge in [0.1, 0.15) is 0 Å². The van der Waals surface area contributed by atoms with E-state index in [1.807, 2.05) is 0 Å². The largest absolute Gasteiger partial charge is 0.464 e. The fourth-order valence-electron chi connectivity index (χ4n) is 1.76. The number of carbonyl (C=O) groups excluding carboxylic acids is 1. The molecule has 3 N–H and O–H groups in total. The molecule has 1 aromatic heterocycles. The van der Waals surface area contributed by atoms with Gasteiger partial charge in [-0.3, -0.25) is 0 Å². The molecule has 0 saturated carbocycles. The third kappa shape index (κ3) is 3.27. The van der Waals surface area contributed by atoms with Gasteiger partial charge in [-0.2, -0.15) is 13.2 Å². The standard InChI is InChI=1S/C14H12F3N3O2/c1-22-13(21)11-7-6-9(18)12(20-11)19-10-5-3-2-4-8(10)14(15,16)17/h2-7H,18H2,1H3,(H,19,20). The molecule has 0 bridgehead atoms. The first-order valence-electron chi connectivity index (χ1n) is 6.11. The van der Waals surface area contributed by atoms with Gasteiger partial charge >= 0.3 is 12.1 Å². The molecule has 0 aliphatic heterocycles. The number of nitrogens with zero attached hydrogens (tertiary/aromatic N) is 1. The Morgan fingerprint density at radius 2 is 1.91 bits per heavy atom. The lowest BCUT2D eigenvalue weighted by Crippen LogP contribution is -2.11. The summed E-state index contributed by atoms with van der Waals surface area (Å²) in [4.78, 5) is 15.3. The molecule has 2 aromatic rings. The van der Waals surface area contributed by atoms with Gasteiger partial charge in [0, 0.05) is 0 Å². The molecule has 1 aromatic carbocycles. The number of nitrogens with one attached hydrogen (secondary N) is 1. The summed E-state index contributed by atoms with van der Waals surface area (Å²) in [6, 6.07) is 7.57. The van der Waals surface area contributed by atoms with Gasteiger partial charge in [-0.05, 0) is 24.3 Å². The summed E-state index contributed by atoms with van der Waals surface area (Å²) in [5, 5.41) is 2.50. The molecule has 0 unspecified atom stereocenters. The Morgan fingerprint density at radius 1 is 1.23 bits per heavy atom. The van der Waals surface area contributed by atoms with Crippen molar-refractivity contribution in [2.24, 2.45) is 0 Å². The fourth-order valence-corrected chi connectivity index (χ4v) is 1.76. The molecule has 0 amide bonds. The highest BCUT2D eigenvalue weighted by Crippen LogP contribution is 2.36. The number of hydrogen-bond acceptors (Lipinski definition) is 5. The van der Waals surface area contributed by atoms with Crippen molar-refractivity contribution in [3.05, 3.63) is 47.7 Å². The Kier molecular flexibility index (Phi) is 4.20. The zero-order valence-corrected chi connectivity index (χ0v) is 11.4. The summed E-state index contributed by atoms with van der Waals surface area (Å²) < 4.78 is 43.4. The number of nitrogens with two attached hydrogens (primary N) is 1. The van der Waals surface area contributed by atoms with E-state index >= 15 is 0 Å². The Morgan fingerprint density at radius 3 is 2.55 bits per heavy atom. The number of benzene rings is 1. The van der Waals surface area contributed by atoms with Crippen molar-refractivity contribution in [2.75, 3.05) is 18.2 Å². The first kappa shape index (κ1) is 15.6. The van der Waals surface area contributed by atoms with Gasteiger partial charge in [0.05, 0.1) is 24.0 Å². The monoisotopic (exact) mass is 311 g/mol. The summed E-state index contributed by atoms with van der Waals surface area (Å²) >= 11 is 0. The van der Waals surface area contributed by atoms with Crippen molar-refractivity contribution in [1.29, 1.82) is 0 Å². The third-order valence-electron chi connectivity index (χ3n) is 2.81. The molecule has 5 nitrogen and oxygen atoms in total. The van der Waals surface area contributed by atoms with Crippen LogP contribution in [0, 0.1) is 0 Å². The Balaban J connectivity index is 2.42. The summed E-state index contributed by atoms with van der Waals surface area (Å²) in [6.45, 7) is 0. The van der Waals surface area contributed by atoms with Gasteiger partial charge in [-0.1, -0.05) is 12.1 Å². The number of esters is 1. The van der Waals surface area contributed by atoms with Crippen molar-refractivity contribution < 1.29 is 22.7 Å². The van der Waals surface area contributed by atoms with E-state index in [-0.39, 0.29) is 22.9 Å². The van der Waals surface area contributed by atoms with E-state index in [2.05, 4.69) is 15.0 Å². The van der Waals surface area contributed by atoms with E-state index < -0.39 is 17.7 Å². The van der Waals surface area contributed by atoms with Crippen LogP contribution in [0.5, 0.6) is 0 Å². The number of methoxy groups -OCH3 is 1. The fraction of sp³-hybridized carbons (Fsp3) is 0.143. The normalized spacial score (nSPS) is 11.1. The molecular weight excluding hydrogens is 299 g/mol. The smallest absolute Gasteiger partial charge is 0.418 e. The highest BCUT2D eigenvalue weighted by Gasteiger charge is 2.33. The second kappa shape index (κ2) is 5.92. The number of para-hydroxylation sites is 1. The molecule has 2 rings (SSSR count). The lowest BCUT2D eigenvalue weighted by Gasteiger charge is -2.15. The van der Waals surface area contributed by atoms with E-state index in [0.717, 1.165) is 6.07 Å². The van der Waals surface area contributed by atoms with Gasteiger partial charge < -0.3 is 15.8 Å². The summed E-state index contributed by atoms with van der Waals surface area (Å²) in [6.07, 6.45) is -4.53. The topological polar surface area (TPSA) is 77.2 Å². The van der Waals surface area contributed by atoms with E-state index in [1.165, 1.54) is 37.4 Å². The first-order chi connectivity index (χ1) is 10.3. The maximum Gasteiger partial charge on any atom is 0.418 e. The Hall–Kier alpha value is -2.77. The van der Waals surface area contributed by atoms with Crippen LogP contribution in [0.4, 0.5) is 30.4 Å². The van der Waals surface area contributed by atoms with E-state index in [9.17, 15) is 18.0 Å². The van der Waals surface area contributed by atoms with E-state index in [4.69, 9.17) is 5.73 Å². The molecule has 0 fully saturated rings. The van der Waals surface area contributed by atoms with Crippen molar-refractivity contribution >= 4 is 23.2 Å². The number of aromatic nitrogens is 1. The molecule has 0 radical (unpaired) electrons. The van der Waals surface area contributed by atoms with Crippen LogP contribution >= 0.6 is 0 Å². The number of halogens is 3. The molecule has 0 aliphatic carbocycles. The van der Waals surface area contributed by atoms with Gasteiger partial charge in [-0.25, -0.2) is 9.78 Å². The number of anilines is 3. The quantitative estimate of drug-likeness (QED) is 0.851. The van der Waals surface area contributed by atoms with Crippen LogP contribution in [0.3, 0.4) is 0 Å². The van der Waals surface area contributed by atoms with Crippen LogP contribution in [0.15, 0.2) is 36.4 Å². The second-order valence-corrected chi connectivity index (χ2v) is 4.29. The number of carbonyl (C=O) groups is 1. The highest BCUT2D eigenvalue weighted by atomic mass is 19.4. The van der Waals surface area contributed by atoms with Crippen molar-refractivity contribution in [2.45, 2.75) is 6.18 Å². The van der Waals surface area contributed by atoms with Crippen molar-refractivity contribution in [1.82, 2.24) is 4.98 Å². The second-order valence-electron chi connectivity index (χ2n) is 4.29. The molecular formula is C14H12F3N3O2. The van der Waals surface area contributed by atoms with Crippen LogP contribution < -0.4 is 11.1 Å². The average Bonchev–Trinajstić information content (AvgIpc) is 2.48. The van der Waals surface area contributed by atoms with Gasteiger partial charge in [0.15, 0.2) is 11.5 Å². The van der Waals surface area contributed by atoms with Crippen LogP contribution in [0.2, 0.25) is 0 Å². The molecule has 8 heteroatoms. The summed E-state index contributed by atoms with van der Waals surface area (Å²) in [5.41, 5.74) is 4.64. The molecule has 0 saturated heterocycles. The third-order valence-corrected chi connectivity index (χ3v) is 2.81. The van der Waals surface area contributed by atoms with Gasteiger partial charge in [-0.15, -0.1) is 0 Å². The van der Waals surface area contributed by atoms with Crippen molar-refractivity contribution in [3.8, 4) is 0 Å². The lowest BCUT2D eigenvalue weighted by atomic mass is 10.1. The van der Waals surface area contributed by atoms with Crippen LogP contribution in [0.25, 0.3) is 0 Å². The zero-order valence-electron chi connectivity index (χ0n) is 11.4. The molecule has 0 spiro atoms. The van der Waals surface area contributed by atoms with Crippen molar-refractivity contribution in [3.63, 3.8) is 0 Å². The maximum absolute atomic E-state index is 12.9. The van der Waals surface area contributed by atoms with E-state index in [0.29, 0.717) is 0 Å². The minimum Gasteiger partial charge on any atom is -0.464 e. The number of ether oxygens (including phenoxy) is 1.